The summed E-state index contributed by atoms with van der Waals surface area (Å²) in [6.45, 7) is 1.46. The first-order valence-electron chi connectivity index (χ1n) is 5.47. The van der Waals surface area contributed by atoms with Crippen molar-refractivity contribution in [3.05, 3.63) is 33.8 Å². The van der Waals surface area contributed by atoms with Crippen LogP contribution < -0.4 is 5.48 Å². The molecule has 2 rings (SSSR count). The van der Waals surface area contributed by atoms with Crippen molar-refractivity contribution in [2.45, 2.75) is 13.0 Å². The third-order valence-corrected chi connectivity index (χ3v) is 3.34. The molecule has 1 aromatic rings. The number of hydrogen-bond donors (Lipinski definition) is 1. The number of nitrogens with zero attached hydrogens (tertiary/aromatic N) is 1. The highest BCUT2D eigenvalue weighted by atomic mass is 79.9. The fourth-order valence-electron chi connectivity index (χ4n) is 1.89. The largest absolute Gasteiger partial charge is 0.277 e. The standard InChI is InChI=1S/C12H11BrN2O4/c1-6(10(16)14-19-2)15-11(17)8-4-3-7(13)5-9(8)12(15)18/h3-6H,1-2H3,(H,14,16)/t6-/m0/s1. The molecular weight excluding hydrogens is 316 g/mol. The molecule has 0 unspecified atom stereocenters. The van der Waals surface area contributed by atoms with E-state index in [1.807, 2.05) is 0 Å². The normalized spacial score (nSPS) is 15.4. The van der Waals surface area contributed by atoms with Crippen LogP contribution in [0.15, 0.2) is 22.7 Å². The molecule has 1 heterocycles. The summed E-state index contributed by atoms with van der Waals surface area (Å²) in [6, 6.07) is 3.86. The number of benzene rings is 1. The van der Waals surface area contributed by atoms with Crippen LogP contribution >= 0.6 is 15.9 Å². The molecule has 0 aromatic heterocycles. The Bertz CT molecular complexity index is 573. The highest BCUT2D eigenvalue weighted by Gasteiger charge is 2.40. The third kappa shape index (κ3) is 2.26. The highest BCUT2D eigenvalue weighted by Crippen LogP contribution is 2.27. The lowest BCUT2D eigenvalue weighted by atomic mass is 10.1. The van der Waals surface area contributed by atoms with Crippen LogP contribution in [0.1, 0.15) is 27.6 Å². The van der Waals surface area contributed by atoms with E-state index in [9.17, 15) is 14.4 Å². The second kappa shape index (κ2) is 5.10. The smallest absolute Gasteiger partial charge is 0.266 e. The first kappa shape index (κ1) is 13.7. The molecule has 1 N–H and O–H groups in total. The Hall–Kier alpha value is -1.73. The molecule has 6 nitrogen and oxygen atoms in total. The number of fused-ring (bicyclic) bond motifs is 1. The van der Waals surface area contributed by atoms with E-state index in [2.05, 4.69) is 26.2 Å². The number of hydroxylamine groups is 1. The summed E-state index contributed by atoms with van der Waals surface area (Å²) < 4.78 is 0.697. The molecular formula is C12H11BrN2O4. The summed E-state index contributed by atoms with van der Waals surface area (Å²) in [5.41, 5.74) is 2.69. The predicted molar refractivity (Wildman–Crippen MR) is 69.3 cm³/mol. The van der Waals surface area contributed by atoms with E-state index in [1.165, 1.54) is 14.0 Å². The quantitative estimate of drug-likeness (QED) is 0.667. The Morgan fingerprint density at radius 3 is 2.58 bits per heavy atom. The van der Waals surface area contributed by atoms with Crippen molar-refractivity contribution in [2.24, 2.45) is 0 Å². The second-order valence-corrected chi connectivity index (χ2v) is 4.93. The van der Waals surface area contributed by atoms with Gasteiger partial charge in [0.05, 0.1) is 18.2 Å². The van der Waals surface area contributed by atoms with Gasteiger partial charge in [0.15, 0.2) is 0 Å². The van der Waals surface area contributed by atoms with Gasteiger partial charge in [-0.2, -0.15) is 0 Å². The van der Waals surface area contributed by atoms with Gasteiger partial charge in [-0.15, -0.1) is 0 Å². The Morgan fingerprint density at radius 2 is 1.95 bits per heavy atom. The number of rotatable bonds is 3. The molecule has 0 saturated heterocycles. The van der Waals surface area contributed by atoms with Crippen molar-refractivity contribution in [1.82, 2.24) is 10.4 Å². The zero-order chi connectivity index (χ0) is 14.2. The van der Waals surface area contributed by atoms with Crippen molar-refractivity contribution >= 4 is 33.7 Å². The van der Waals surface area contributed by atoms with Crippen LogP contribution in [0.4, 0.5) is 0 Å². The molecule has 0 spiro atoms. The number of nitrogens with one attached hydrogen (secondary N) is 1. The van der Waals surface area contributed by atoms with E-state index in [0.717, 1.165) is 4.90 Å². The third-order valence-electron chi connectivity index (χ3n) is 2.85. The first-order valence-corrected chi connectivity index (χ1v) is 6.27. The lowest BCUT2D eigenvalue weighted by Crippen LogP contribution is -2.47. The molecule has 0 bridgehead atoms. The van der Waals surface area contributed by atoms with Gasteiger partial charge in [-0.05, 0) is 25.1 Å². The molecule has 100 valence electrons. The van der Waals surface area contributed by atoms with Crippen LogP contribution in [0.3, 0.4) is 0 Å². The molecule has 0 aliphatic carbocycles. The van der Waals surface area contributed by atoms with Gasteiger partial charge in [-0.3, -0.25) is 24.1 Å². The minimum absolute atomic E-state index is 0.288. The van der Waals surface area contributed by atoms with Crippen LogP contribution in [0, 0.1) is 0 Å². The second-order valence-electron chi connectivity index (χ2n) is 4.02. The first-order chi connectivity index (χ1) is 8.97. The van der Waals surface area contributed by atoms with Gasteiger partial charge in [-0.25, -0.2) is 5.48 Å². The Kier molecular flexibility index (Phi) is 3.68. The van der Waals surface area contributed by atoms with Crippen LogP contribution in [-0.2, 0) is 9.63 Å². The fraction of sp³-hybridized carbons (Fsp3) is 0.250. The van der Waals surface area contributed by atoms with Crippen LogP contribution in [-0.4, -0.2) is 35.8 Å². The Labute approximate surface area is 117 Å². The van der Waals surface area contributed by atoms with E-state index in [0.29, 0.717) is 10.0 Å². The fourth-order valence-corrected chi connectivity index (χ4v) is 2.25. The number of carbonyl (C=O) groups excluding carboxylic acids is 3. The Morgan fingerprint density at radius 1 is 1.32 bits per heavy atom. The molecule has 7 heteroatoms. The Balaban J connectivity index is 2.35. The molecule has 1 aliphatic rings. The summed E-state index contributed by atoms with van der Waals surface area (Å²) in [5, 5.41) is 0. The van der Waals surface area contributed by atoms with E-state index in [1.54, 1.807) is 18.2 Å². The lowest BCUT2D eigenvalue weighted by molar-refractivity contribution is -0.134. The summed E-state index contributed by atoms with van der Waals surface area (Å²) in [7, 11) is 1.28. The van der Waals surface area contributed by atoms with Gasteiger partial charge in [0.1, 0.15) is 6.04 Å². The van der Waals surface area contributed by atoms with Crippen molar-refractivity contribution in [1.29, 1.82) is 0 Å². The number of imide groups is 1. The maximum atomic E-state index is 12.2. The van der Waals surface area contributed by atoms with E-state index >= 15 is 0 Å². The molecule has 0 radical (unpaired) electrons. The maximum Gasteiger partial charge on any atom is 0.266 e. The van der Waals surface area contributed by atoms with Crippen molar-refractivity contribution in [3.63, 3.8) is 0 Å². The average molecular weight is 327 g/mol. The molecule has 0 saturated carbocycles. The highest BCUT2D eigenvalue weighted by molar-refractivity contribution is 9.10. The number of halogens is 1. The summed E-state index contributed by atoms with van der Waals surface area (Å²) >= 11 is 3.24. The van der Waals surface area contributed by atoms with Gasteiger partial charge in [0.2, 0.25) is 0 Å². The SMILES string of the molecule is CONC(=O)[C@H](C)N1C(=O)c2ccc(Br)cc2C1=O. The van der Waals surface area contributed by atoms with Gasteiger partial charge < -0.3 is 0 Å². The van der Waals surface area contributed by atoms with Crippen molar-refractivity contribution in [3.8, 4) is 0 Å². The summed E-state index contributed by atoms with van der Waals surface area (Å²) in [4.78, 5) is 41.4. The molecule has 3 amide bonds. The average Bonchev–Trinajstić information content (AvgIpc) is 2.61. The summed E-state index contributed by atoms with van der Waals surface area (Å²) in [5.74, 6) is -1.53. The van der Waals surface area contributed by atoms with E-state index in [-0.39, 0.29) is 5.56 Å². The maximum absolute atomic E-state index is 12.2. The topological polar surface area (TPSA) is 75.7 Å². The molecule has 1 aromatic carbocycles. The van der Waals surface area contributed by atoms with Crippen molar-refractivity contribution < 1.29 is 19.2 Å². The van der Waals surface area contributed by atoms with Gasteiger partial charge in [-0.1, -0.05) is 15.9 Å². The number of hydrogen-bond acceptors (Lipinski definition) is 4. The minimum atomic E-state index is -0.939. The minimum Gasteiger partial charge on any atom is -0.277 e. The monoisotopic (exact) mass is 326 g/mol. The number of amides is 3. The molecule has 19 heavy (non-hydrogen) atoms. The number of carbonyl (C=O) groups is 3. The van der Waals surface area contributed by atoms with Gasteiger partial charge in [0, 0.05) is 4.47 Å². The molecule has 1 aliphatic heterocycles. The molecule has 1 atom stereocenters. The van der Waals surface area contributed by atoms with Crippen LogP contribution in [0.25, 0.3) is 0 Å². The molecule has 0 fully saturated rings. The predicted octanol–water partition coefficient (Wildman–Crippen LogP) is 1.11. The summed E-state index contributed by atoms with van der Waals surface area (Å²) in [6.07, 6.45) is 0. The van der Waals surface area contributed by atoms with Gasteiger partial charge in [0.25, 0.3) is 17.7 Å². The van der Waals surface area contributed by atoms with E-state index < -0.39 is 23.8 Å². The van der Waals surface area contributed by atoms with Crippen LogP contribution in [0.5, 0.6) is 0 Å². The van der Waals surface area contributed by atoms with Crippen molar-refractivity contribution in [2.75, 3.05) is 7.11 Å². The lowest BCUT2D eigenvalue weighted by Gasteiger charge is -2.20. The van der Waals surface area contributed by atoms with E-state index in [4.69, 9.17) is 0 Å². The van der Waals surface area contributed by atoms with Gasteiger partial charge >= 0.3 is 0 Å². The zero-order valence-corrected chi connectivity index (χ0v) is 11.9. The van der Waals surface area contributed by atoms with Crippen LogP contribution in [0.2, 0.25) is 0 Å². The zero-order valence-electron chi connectivity index (χ0n) is 10.3.